The smallest absolute Gasteiger partial charge is 0.0661 e. The Morgan fingerprint density at radius 2 is 2.06 bits per heavy atom. The molecular weight excluding hydrogens is 198 g/mol. The van der Waals surface area contributed by atoms with Crippen molar-refractivity contribution in [1.29, 1.82) is 0 Å². The lowest BCUT2D eigenvalue weighted by atomic mass is 9.61. The number of nitrogens with two attached hydrogens (primary N) is 1. The van der Waals surface area contributed by atoms with E-state index < -0.39 is 0 Å². The highest BCUT2D eigenvalue weighted by Gasteiger charge is 2.55. The van der Waals surface area contributed by atoms with Gasteiger partial charge in [0.15, 0.2) is 0 Å². The van der Waals surface area contributed by atoms with E-state index in [0.717, 1.165) is 13.0 Å². The molecule has 2 aliphatic rings. The summed E-state index contributed by atoms with van der Waals surface area (Å²) >= 11 is 0. The van der Waals surface area contributed by atoms with Crippen LogP contribution in [-0.2, 0) is 4.74 Å². The first-order chi connectivity index (χ1) is 7.69. The van der Waals surface area contributed by atoms with Gasteiger partial charge in [-0.05, 0) is 31.6 Å². The fourth-order valence-electron chi connectivity index (χ4n) is 3.59. The van der Waals surface area contributed by atoms with Crippen molar-refractivity contribution < 1.29 is 4.74 Å². The third-order valence-electron chi connectivity index (χ3n) is 4.75. The molecule has 3 atom stereocenters. The van der Waals surface area contributed by atoms with Crippen molar-refractivity contribution in [3.05, 3.63) is 0 Å². The second kappa shape index (κ2) is 5.05. The number of hydrogen-bond acceptors (Lipinski definition) is 2. The normalized spacial score (nSPS) is 33.9. The first kappa shape index (κ1) is 12.4. The van der Waals surface area contributed by atoms with Crippen molar-refractivity contribution in [3.63, 3.8) is 0 Å². The molecule has 2 heteroatoms. The first-order valence-electron chi connectivity index (χ1n) is 7.06. The summed E-state index contributed by atoms with van der Waals surface area (Å²) in [6.07, 6.45) is 9.45. The minimum absolute atomic E-state index is 0.381. The van der Waals surface area contributed by atoms with Gasteiger partial charge in [0, 0.05) is 18.1 Å². The van der Waals surface area contributed by atoms with E-state index in [1.54, 1.807) is 0 Å². The molecule has 2 rings (SSSR count). The quantitative estimate of drug-likeness (QED) is 0.780. The third-order valence-corrected chi connectivity index (χ3v) is 4.75. The predicted molar refractivity (Wildman–Crippen MR) is 67.3 cm³/mol. The Bertz CT molecular complexity index is 223. The molecule has 0 aromatic rings. The highest BCUT2D eigenvalue weighted by Crippen LogP contribution is 2.53. The van der Waals surface area contributed by atoms with Crippen LogP contribution in [0.5, 0.6) is 0 Å². The molecule has 3 unspecified atom stereocenters. The maximum Gasteiger partial charge on any atom is 0.0661 e. The Morgan fingerprint density at radius 3 is 2.62 bits per heavy atom. The summed E-state index contributed by atoms with van der Waals surface area (Å²) < 4.78 is 6.12. The van der Waals surface area contributed by atoms with Crippen molar-refractivity contribution in [2.75, 3.05) is 6.61 Å². The minimum atomic E-state index is 0.381. The van der Waals surface area contributed by atoms with E-state index in [4.69, 9.17) is 10.5 Å². The summed E-state index contributed by atoms with van der Waals surface area (Å²) in [6.45, 7) is 5.48. The van der Waals surface area contributed by atoms with Gasteiger partial charge in [-0.2, -0.15) is 0 Å². The van der Waals surface area contributed by atoms with E-state index in [9.17, 15) is 0 Å². The maximum absolute atomic E-state index is 6.19. The van der Waals surface area contributed by atoms with Gasteiger partial charge in [-0.15, -0.1) is 0 Å². The van der Waals surface area contributed by atoms with Crippen LogP contribution in [0.15, 0.2) is 0 Å². The number of rotatable bonds is 5. The highest BCUT2D eigenvalue weighted by molar-refractivity contribution is 5.08. The van der Waals surface area contributed by atoms with Crippen molar-refractivity contribution in [3.8, 4) is 0 Å². The molecule has 1 spiro atoms. The summed E-state index contributed by atoms with van der Waals surface area (Å²) in [5.74, 6) is 0.709. The van der Waals surface area contributed by atoms with Crippen LogP contribution < -0.4 is 5.73 Å². The molecule has 2 aliphatic carbocycles. The number of hydrogen-bond donors (Lipinski definition) is 1. The second-order valence-corrected chi connectivity index (χ2v) is 6.00. The molecule has 0 heterocycles. The molecule has 0 saturated heterocycles. The summed E-state index contributed by atoms with van der Waals surface area (Å²) in [5.41, 5.74) is 6.58. The highest BCUT2D eigenvalue weighted by atomic mass is 16.5. The molecule has 0 radical (unpaired) electrons. The predicted octanol–water partition coefficient (Wildman–Crippen LogP) is 3.10. The SMILES string of the molecule is CCCC(C)COC1CC(N)C12CCCC2. The molecule has 2 fully saturated rings. The van der Waals surface area contributed by atoms with E-state index in [1.807, 2.05) is 0 Å². The average Bonchev–Trinajstić information content (AvgIpc) is 2.76. The van der Waals surface area contributed by atoms with Gasteiger partial charge in [0.25, 0.3) is 0 Å². The van der Waals surface area contributed by atoms with Gasteiger partial charge >= 0.3 is 0 Å². The fourth-order valence-corrected chi connectivity index (χ4v) is 3.59. The lowest BCUT2D eigenvalue weighted by Gasteiger charge is -2.52. The lowest BCUT2D eigenvalue weighted by Crippen LogP contribution is -2.61. The van der Waals surface area contributed by atoms with Gasteiger partial charge < -0.3 is 10.5 Å². The van der Waals surface area contributed by atoms with Crippen LogP contribution in [0.4, 0.5) is 0 Å². The van der Waals surface area contributed by atoms with Gasteiger partial charge in [-0.3, -0.25) is 0 Å². The van der Waals surface area contributed by atoms with Crippen LogP contribution in [0.2, 0.25) is 0 Å². The van der Waals surface area contributed by atoms with Gasteiger partial charge in [0.1, 0.15) is 0 Å². The third kappa shape index (κ3) is 2.14. The monoisotopic (exact) mass is 225 g/mol. The zero-order chi connectivity index (χ0) is 11.6. The summed E-state index contributed by atoms with van der Waals surface area (Å²) in [6, 6.07) is 0.418. The summed E-state index contributed by atoms with van der Waals surface area (Å²) in [4.78, 5) is 0. The maximum atomic E-state index is 6.19. The molecule has 0 aromatic carbocycles. The standard InChI is InChI=1S/C14H27NO/c1-3-6-11(2)10-16-13-9-12(15)14(13)7-4-5-8-14/h11-13H,3-10,15H2,1-2H3. The average molecular weight is 225 g/mol. The molecule has 94 valence electrons. The minimum Gasteiger partial charge on any atom is -0.377 e. The Hall–Kier alpha value is -0.0800. The molecule has 2 N–H and O–H groups in total. The van der Waals surface area contributed by atoms with E-state index >= 15 is 0 Å². The van der Waals surface area contributed by atoms with Crippen molar-refractivity contribution >= 4 is 0 Å². The van der Waals surface area contributed by atoms with E-state index in [1.165, 1.54) is 38.5 Å². The number of ether oxygens (including phenoxy) is 1. The van der Waals surface area contributed by atoms with Crippen LogP contribution in [-0.4, -0.2) is 18.8 Å². The van der Waals surface area contributed by atoms with Gasteiger partial charge in [0.05, 0.1) is 6.10 Å². The molecule has 0 aliphatic heterocycles. The Morgan fingerprint density at radius 1 is 1.38 bits per heavy atom. The van der Waals surface area contributed by atoms with Gasteiger partial charge in [0.2, 0.25) is 0 Å². The first-order valence-corrected chi connectivity index (χ1v) is 7.06. The molecular formula is C14H27NO. The summed E-state index contributed by atoms with van der Waals surface area (Å²) in [5, 5.41) is 0. The molecule has 0 bridgehead atoms. The van der Waals surface area contributed by atoms with Gasteiger partial charge in [-0.25, -0.2) is 0 Å². The molecule has 2 saturated carbocycles. The lowest BCUT2D eigenvalue weighted by molar-refractivity contribution is -0.130. The van der Waals surface area contributed by atoms with Crippen LogP contribution in [0.25, 0.3) is 0 Å². The van der Waals surface area contributed by atoms with Crippen LogP contribution >= 0.6 is 0 Å². The Balaban J connectivity index is 1.78. The van der Waals surface area contributed by atoms with Crippen LogP contribution in [0, 0.1) is 11.3 Å². The summed E-state index contributed by atoms with van der Waals surface area (Å²) in [7, 11) is 0. The van der Waals surface area contributed by atoms with E-state index in [2.05, 4.69) is 13.8 Å². The topological polar surface area (TPSA) is 35.2 Å². The zero-order valence-electron chi connectivity index (χ0n) is 10.9. The zero-order valence-corrected chi connectivity index (χ0v) is 10.9. The second-order valence-electron chi connectivity index (χ2n) is 6.00. The Kier molecular flexibility index (Phi) is 3.91. The molecule has 0 aromatic heterocycles. The molecule has 16 heavy (non-hydrogen) atoms. The van der Waals surface area contributed by atoms with E-state index in [0.29, 0.717) is 23.5 Å². The van der Waals surface area contributed by atoms with Crippen LogP contribution in [0.1, 0.15) is 58.8 Å². The molecule has 2 nitrogen and oxygen atoms in total. The van der Waals surface area contributed by atoms with Crippen molar-refractivity contribution in [1.82, 2.24) is 0 Å². The van der Waals surface area contributed by atoms with Crippen molar-refractivity contribution in [2.24, 2.45) is 17.1 Å². The molecule has 0 amide bonds. The van der Waals surface area contributed by atoms with Gasteiger partial charge in [-0.1, -0.05) is 33.1 Å². The Labute approximate surface area is 99.9 Å². The van der Waals surface area contributed by atoms with Crippen molar-refractivity contribution in [2.45, 2.75) is 70.9 Å². The van der Waals surface area contributed by atoms with E-state index in [-0.39, 0.29) is 0 Å². The van der Waals surface area contributed by atoms with Crippen LogP contribution in [0.3, 0.4) is 0 Å². The largest absolute Gasteiger partial charge is 0.377 e. The fraction of sp³-hybridized carbons (Fsp3) is 1.00.